The first-order valence-corrected chi connectivity index (χ1v) is 8.07. The van der Waals surface area contributed by atoms with Gasteiger partial charge in [-0.05, 0) is 31.5 Å². The van der Waals surface area contributed by atoms with E-state index in [1.807, 2.05) is 0 Å². The van der Waals surface area contributed by atoms with Crippen LogP contribution in [0.15, 0.2) is 36.1 Å². The summed E-state index contributed by atoms with van der Waals surface area (Å²) < 4.78 is 18.3. The van der Waals surface area contributed by atoms with Crippen molar-refractivity contribution < 1.29 is 28.6 Å². The summed E-state index contributed by atoms with van der Waals surface area (Å²) >= 11 is 0. The first-order chi connectivity index (χ1) is 12.2. The molecule has 26 heavy (non-hydrogen) atoms. The van der Waals surface area contributed by atoms with Gasteiger partial charge in [-0.2, -0.15) is 0 Å². The van der Waals surface area contributed by atoms with Gasteiger partial charge < -0.3 is 20.5 Å². The van der Waals surface area contributed by atoms with Crippen molar-refractivity contribution in [3.05, 3.63) is 47.5 Å². The number of hydrogen-bond acceptors (Lipinski definition) is 5. The number of ketones is 1. The first kappa shape index (κ1) is 19.6. The summed E-state index contributed by atoms with van der Waals surface area (Å²) in [4.78, 5) is 36.0. The van der Waals surface area contributed by atoms with Gasteiger partial charge in [0.1, 0.15) is 17.5 Å². The highest BCUT2D eigenvalue weighted by Gasteiger charge is 2.33. The van der Waals surface area contributed by atoms with Crippen molar-refractivity contribution in [1.29, 1.82) is 0 Å². The van der Waals surface area contributed by atoms with Gasteiger partial charge in [-0.1, -0.05) is 12.1 Å². The number of halogens is 1. The van der Waals surface area contributed by atoms with Crippen LogP contribution in [0.1, 0.15) is 25.8 Å². The zero-order valence-corrected chi connectivity index (χ0v) is 14.5. The van der Waals surface area contributed by atoms with Crippen molar-refractivity contribution in [2.24, 2.45) is 0 Å². The monoisotopic (exact) mass is 364 g/mol. The van der Waals surface area contributed by atoms with Gasteiger partial charge in [0.05, 0.1) is 6.61 Å². The van der Waals surface area contributed by atoms with Crippen LogP contribution in [0.5, 0.6) is 0 Å². The molecule has 8 heteroatoms. The highest BCUT2D eigenvalue weighted by Crippen LogP contribution is 2.24. The molecule has 1 aromatic carbocycles. The lowest BCUT2D eigenvalue weighted by Crippen LogP contribution is -2.50. The van der Waals surface area contributed by atoms with Gasteiger partial charge in [0.25, 0.3) is 5.91 Å². The summed E-state index contributed by atoms with van der Waals surface area (Å²) in [7, 11) is 0. The maximum atomic E-state index is 12.9. The van der Waals surface area contributed by atoms with E-state index in [2.05, 4.69) is 10.6 Å². The van der Waals surface area contributed by atoms with E-state index in [1.165, 1.54) is 24.3 Å². The van der Waals surface area contributed by atoms with E-state index >= 15 is 0 Å². The van der Waals surface area contributed by atoms with Crippen molar-refractivity contribution in [1.82, 2.24) is 10.6 Å². The molecule has 1 aliphatic rings. The molecule has 0 fully saturated rings. The predicted octanol–water partition coefficient (Wildman–Crippen LogP) is 0.571. The number of aliphatic hydroxyl groups is 1. The lowest BCUT2D eigenvalue weighted by molar-refractivity contribution is -0.134. The third-order valence-electron chi connectivity index (χ3n) is 3.69. The summed E-state index contributed by atoms with van der Waals surface area (Å²) in [6, 6.07) is 4.33. The highest BCUT2D eigenvalue weighted by molar-refractivity contribution is 6.03. The number of ether oxygens (including phenoxy) is 1. The third-order valence-corrected chi connectivity index (χ3v) is 3.69. The highest BCUT2D eigenvalue weighted by atomic mass is 19.1. The minimum Gasteiger partial charge on any atom is -0.482 e. The molecule has 0 radical (unpaired) electrons. The van der Waals surface area contributed by atoms with Crippen molar-refractivity contribution >= 4 is 17.6 Å². The Morgan fingerprint density at radius 1 is 1.31 bits per heavy atom. The molecule has 7 nitrogen and oxygen atoms in total. The number of allylic oxidation sites excluding steroid dienone is 1. The fraction of sp³-hybridized carbons (Fsp3) is 0.389. The molecule has 1 unspecified atom stereocenters. The van der Waals surface area contributed by atoms with Crippen molar-refractivity contribution in [3.8, 4) is 0 Å². The predicted molar refractivity (Wildman–Crippen MR) is 90.1 cm³/mol. The zero-order valence-electron chi connectivity index (χ0n) is 14.5. The Labute approximate surface area is 150 Å². The average Bonchev–Trinajstić information content (AvgIpc) is 2.56. The van der Waals surface area contributed by atoms with Crippen LogP contribution >= 0.6 is 0 Å². The maximum absolute atomic E-state index is 12.9. The Bertz CT molecular complexity index is 728. The molecule has 1 heterocycles. The Balaban J connectivity index is 1.95. The van der Waals surface area contributed by atoms with Crippen LogP contribution in [0.3, 0.4) is 0 Å². The minimum absolute atomic E-state index is 0.107. The number of nitrogens with one attached hydrogen (secondary N) is 2. The average molecular weight is 364 g/mol. The Morgan fingerprint density at radius 3 is 2.54 bits per heavy atom. The Hall–Kier alpha value is -2.74. The summed E-state index contributed by atoms with van der Waals surface area (Å²) in [6.45, 7) is 2.82. The van der Waals surface area contributed by atoms with E-state index in [1.54, 1.807) is 13.8 Å². The lowest BCUT2D eigenvalue weighted by Gasteiger charge is -2.30. The lowest BCUT2D eigenvalue weighted by atomic mass is 9.98. The Kier molecular flexibility index (Phi) is 6.10. The first-order valence-electron chi connectivity index (χ1n) is 8.07. The second-order valence-corrected chi connectivity index (χ2v) is 6.57. The van der Waals surface area contributed by atoms with E-state index in [0.29, 0.717) is 5.56 Å². The van der Waals surface area contributed by atoms with Gasteiger partial charge in [-0.3, -0.25) is 14.4 Å². The molecule has 0 aromatic heterocycles. The van der Waals surface area contributed by atoms with Crippen LogP contribution < -0.4 is 10.6 Å². The SMILES string of the molecule is CC1(C)CC(=O)C=C(C(=O)NC(CO)C(=O)NCc2ccc(F)cc2)O1. The van der Waals surface area contributed by atoms with Crippen molar-refractivity contribution in [2.75, 3.05) is 6.61 Å². The molecule has 2 rings (SSSR count). The van der Waals surface area contributed by atoms with Gasteiger partial charge in [0, 0.05) is 19.0 Å². The quantitative estimate of drug-likeness (QED) is 0.685. The van der Waals surface area contributed by atoms with Crippen LogP contribution in [-0.2, 0) is 25.7 Å². The molecular formula is C18H21FN2O5. The van der Waals surface area contributed by atoms with E-state index in [0.717, 1.165) is 6.08 Å². The summed E-state index contributed by atoms with van der Waals surface area (Å²) in [5, 5.41) is 14.3. The van der Waals surface area contributed by atoms with Crippen LogP contribution in [-0.4, -0.2) is 41.0 Å². The van der Waals surface area contributed by atoms with Crippen LogP contribution in [0.4, 0.5) is 4.39 Å². The number of amides is 2. The topological polar surface area (TPSA) is 105 Å². The van der Waals surface area contributed by atoms with Gasteiger partial charge in [0.2, 0.25) is 5.91 Å². The molecule has 1 atom stereocenters. The van der Waals surface area contributed by atoms with E-state index < -0.39 is 30.1 Å². The molecule has 0 aliphatic carbocycles. The molecule has 1 aliphatic heterocycles. The van der Waals surface area contributed by atoms with Gasteiger partial charge in [-0.25, -0.2) is 4.39 Å². The zero-order chi connectivity index (χ0) is 19.3. The molecular weight excluding hydrogens is 343 g/mol. The number of rotatable bonds is 6. The van der Waals surface area contributed by atoms with Gasteiger partial charge in [-0.15, -0.1) is 0 Å². The van der Waals surface area contributed by atoms with Gasteiger partial charge in [0.15, 0.2) is 11.5 Å². The second kappa shape index (κ2) is 8.09. The Morgan fingerprint density at radius 2 is 1.96 bits per heavy atom. The second-order valence-electron chi connectivity index (χ2n) is 6.57. The molecule has 3 N–H and O–H groups in total. The summed E-state index contributed by atoms with van der Waals surface area (Å²) in [5.74, 6) is -2.23. The van der Waals surface area contributed by atoms with Crippen LogP contribution in [0.2, 0.25) is 0 Å². The molecule has 0 bridgehead atoms. The molecule has 2 amide bonds. The molecule has 0 spiro atoms. The van der Waals surface area contributed by atoms with E-state index in [4.69, 9.17) is 4.74 Å². The maximum Gasteiger partial charge on any atom is 0.287 e. The summed E-state index contributed by atoms with van der Waals surface area (Å²) in [6.07, 6.45) is 1.22. The number of benzene rings is 1. The van der Waals surface area contributed by atoms with E-state index in [9.17, 15) is 23.9 Å². The fourth-order valence-corrected chi connectivity index (χ4v) is 2.43. The number of hydrogen-bond donors (Lipinski definition) is 3. The molecule has 0 saturated carbocycles. The van der Waals surface area contributed by atoms with Crippen molar-refractivity contribution in [3.63, 3.8) is 0 Å². The molecule has 0 saturated heterocycles. The number of aliphatic hydroxyl groups excluding tert-OH is 1. The van der Waals surface area contributed by atoms with Crippen LogP contribution in [0.25, 0.3) is 0 Å². The molecule has 140 valence electrons. The largest absolute Gasteiger partial charge is 0.482 e. The standard InChI is InChI=1S/C18H21FN2O5/c1-18(2)8-13(23)7-15(26-18)17(25)21-14(10-22)16(24)20-9-11-3-5-12(19)6-4-11/h3-7,14,22H,8-10H2,1-2H3,(H,20,24)(H,21,25). The number of carbonyl (C=O) groups excluding carboxylic acids is 3. The smallest absolute Gasteiger partial charge is 0.287 e. The summed E-state index contributed by atoms with van der Waals surface area (Å²) in [5.41, 5.74) is -0.161. The normalized spacial score (nSPS) is 16.9. The molecule has 1 aromatic rings. The van der Waals surface area contributed by atoms with E-state index in [-0.39, 0.29) is 30.3 Å². The minimum atomic E-state index is -1.22. The fourth-order valence-electron chi connectivity index (χ4n) is 2.43. The van der Waals surface area contributed by atoms with Crippen LogP contribution in [0, 0.1) is 5.82 Å². The van der Waals surface area contributed by atoms with Gasteiger partial charge >= 0.3 is 0 Å². The third kappa shape index (κ3) is 5.38. The number of carbonyl (C=O) groups is 3. The van der Waals surface area contributed by atoms with Crippen molar-refractivity contribution in [2.45, 2.75) is 38.5 Å².